The fourth-order valence-electron chi connectivity index (χ4n) is 2.90. The maximum atomic E-state index is 11.2. The molecule has 0 bridgehead atoms. The molecule has 2 unspecified atom stereocenters. The van der Waals surface area contributed by atoms with Gasteiger partial charge in [0.05, 0.1) is 31.1 Å². The van der Waals surface area contributed by atoms with Crippen molar-refractivity contribution < 1.29 is 23.2 Å². The van der Waals surface area contributed by atoms with Gasteiger partial charge in [-0.15, -0.1) is 0 Å². The molecule has 2 atom stereocenters. The van der Waals surface area contributed by atoms with Gasteiger partial charge in [0.2, 0.25) is 0 Å². The van der Waals surface area contributed by atoms with Crippen LogP contribution in [0.25, 0.3) is 0 Å². The van der Waals surface area contributed by atoms with Gasteiger partial charge in [0, 0.05) is 6.54 Å². The molecule has 0 fully saturated rings. The normalized spacial score (nSPS) is 14.4. The molecule has 6 nitrogen and oxygen atoms in total. The first-order valence-electron chi connectivity index (χ1n) is 7.98. The van der Waals surface area contributed by atoms with E-state index in [0.29, 0.717) is 0 Å². The van der Waals surface area contributed by atoms with Gasteiger partial charge in [-0.05, 0) is 11.1 Å². The highest BCUT2D eigenvalue weighted by Gasteiger charge is 2.29. The number of aliphatic hydroxyl groups is 2. The summed E-state index contributed by atoms with van der Waals surface area (Å²) < 4.78 is 31.6. The van der Waals surface area contributed by atoms with Crippen molar-refractivity contribution in [3.8, 4) is 0 Å². The summed E-state index contributed by atoms with van der Waals surface area (Å²) in [6.45, 7) is -0.531. The Morgan fingerprint density at radius 1 is 0.800 bits per heavy atom. The van der Waals surface area contributed by atoms with Crippen molar-refractivity contribution in [2.45, 2.75) is 12.1 Å². The zero-order chi connectivity index (χ0) is 18.3. The first-order valence-corrected chi connectivity index (χ1v) is 9.59. The van der Waals surface area contributed by atoms with Crippen molar-refractivity contribution >= 4 is 10.1 Å². The van der Waals surface area contributed by atoms with Crippen LogP contribution >= 0.6 is 0 Å². The van der Waals surface area contributed by atoms with Crippen LogP contribution in [0.5, 0.6) is 0 Å². The van der Waals surface area contributed by atoms with Crippen LogP contribution in [0.2, 0.25) is 0 Å². The molecule has 0 heterocycles. The summed E-state index contributed by atoms with van der Waals surface area (Å²) in [5.74, 6) is -0.486. The van der Waals surface area contributed by atoms with Gasteiger partial charge in [0.1, 0.15) is 0 Å². The highest BCUT2D eigenvalue weighted by molar-refractivity contribution is 7.85. The van der Waals surface area contributed by atoms with Crippen molar-refractivity contribution in [3.63, 3.8) is 0 Å². The van der Waals surface area contributed by atoms with Crippen LogP contribution in [0, 0.1) is 0 Å². The van der Waals surface area contributed by atoms with E-state index in [1.165, 1.54) is 0 Å². The summed E-state index contributed by atoms with van der Waals surface area (Å²) in [5.41, 5.74) is 1.60. The summed E-state index contributed by atoms with van der Waals surface area (Å²) in [5, 5.41) is 19.9. The minimum Gasteiger partial charge on any atom is -0.394 e. The highest BCUT2D eigenvalue weighted by atomic mass is 32.2. The average molecular weight is 365 g/mol. The minimum absolute atomic E-state index is 0.0287. The van der Waals surface area contributed by atoms with E-state index in [2.05, 4.69) is 0 Å². The van der Waals surface area contributed by atoms with E-state index >= 15 is 0 Å². The van der Waals surface area contributed by atoms with Crippen molar-refractivity contribution in [1.29, 1.82) is 0 Å². The second-order valence-corrected chi connectivity index (χ2v) is 7.31. The molecule has 0 spiro atoms. The number of rotatable bonds is 9. The van der Waals surface area contributed by atoms with Crippen LogP contribution in [-0.4, -0.2) is 53.6 Å². The van der Waals surface area contributed by atoms with Crippen molar-refractivity contribution in [1.82, 2.24) is 4.90 Å². The first kappa shape index (κ1) is 19.6. The summed E-state index contributed by atoms with van der Waals surface area (Å²) in [6, 6.07) is 17.3. The summed E-state index contributed by atoms with van der Waals surface area (Å²) in [4.78, 5) is 1.71. The van der Waals surface area contributed by atoms with Crippen molar-refractivity contribution in [2.24, 2.45) is 0 Å². The molecule has 136 valence electrons. The largest absolute Gasteiger partial charge is 0.394 e. The molecule has 2 aromatic carbocycles. The third-order valence-corrected chi connectivity index (χ3v) is 4.82. The van der Waals surface area contributed by atoms with Gasteiger partial charge in [-0.2, -0.15) is 8.42 Å². The molecule has 0 amide bonds. The summed E-state index contributed by atoms with van der Waals surface area (Å²) >= 11 is 0. The highest BCUT2D eigenvalue weighted by Crippen LogP contribution is 2.30. The summed E-state index contributed by atoms with van der Waals surface area (Å²) in [7, 11) is -4.17. The van der Waals surface area contributed by atoms with Gasteiger partial charge in [-0.1, -0.05) is 60.7 Å². The van der Waals surface area contributed by atoms with Gasteiger partial charge in [0.25, 0.3) is 10.1 Å². The molecule has 0 saturated heterocycles. The Balaban J connectivity index is 2.40. The maximum Gasteiger partial charge on any atom is 0.266 e. The number of hydrogen-bond acceptors (Lipinski definition) is 5. The molecule has 2 rings (SSSR count). The molecule has 0 aliphatic carbocycles. The standard InChI is InChI=1S/C18H23NO5S/c20-13-17(15-7-3-1-4-8-15)19(11-12-25(22,23)24)18(14-21)16-9-5-2-6-10-16/h1-10,17-18,20-21H,11-14H2,(H,22,23,24). The van der Waals surface area contributed by atoms with Crippen LogP contribution in [0.4, 0.5) is 0 Å². The second kappa shape index (κ2) is 9.07. The zero-order valence-corrected chi connectivity index (χ0v) is 14.6. The van der Waals surface area contributed by atoms with Crippen LogP contribution in [0.1, 0.15) is 23.2 Å². The SMILES string of the molecule is O=S(=O)(O)CCN(C(CO)c1ccccc1)C(CO)c1ccccc1. The molecule has 3 N–H and O–H groups in total. The van der Waals surface area contributed by atoms with E-state index in [4.69, 9.17) is 4.55 Å². The number of benzene rings is 2. The van der Waals surface area contributed by atoms with Gasteiger partial charge in [-0.3, -0.25) is 9.45 Å². The Kier molecular flexibility index (Phi) is 7.10. The van der Waals surface area contributed by atoms with E-state index in [1.54, 1.807) is 4.90 Å². The topological polar surface area (TPSA) is 98.1 Å². The van der Waals surface area contributed by atoms with E-state index in [1.807, 2.05) is 60.7 Å². The van der Waals surface area contributed by atoms with E-state index in [0.717, 1.165) is 11.1 Å². The Morgan fingerprint density at radius 2 is 1.20 bits per heavy atom. The van der Waals surface area contributed by atoms with Crippen LogP contribution < -0.4 is 0 Å². The van der Waals surface area contributed by atoms with E-state index < -0.39 is 28.0 Å². The number of nitrogens with zero attached hydrogens (tertiary/aromatic N) is 1. The average Bonchev–Trinajstić information content (AvgIpc) is 2.61. The van der Waals surface area contributed by atoms with Crippen molar-refractivity contribution in [2.75, 3.05) is 25.5 Å². The van der Waals surface area contributed by atoms with Gasteiger partial charge >= 0.3 is 0 Å². The van der Waals surface area contributed by atoms with Gasteiger partial charge in [0.15, 0.2) is 0 Å². The van der Waals surface area contributed by atoms with Crippen LogP contribution in [0.3, 0.4) is 0 Å². The lowest BCUT2D eigenvalue weighted by Crippen LogP contribution is -2.39. The zero-order valence-electron chi connectivity index (χ0n) is 13.8. The van der Waals surface area contributed by atoms with Gasteiger partial charge in [-0.25, -0.2) is 0 Å². The van der Waals surface area contributed by atoms with Gasteiger partial charge < -0.3 is 10.2 Å². The molecular formula is C18H23NO5S. The molecule has 25 heavy (non-hydrogen) atoms. The first-order chi connectivity index (χ1) is 12.0. The van der Waals surface area contributed by atoms with E-state index in [-0.39, 0.29) is 19.8 Å². The summed E-state index contributed by atoms with van der Waals surface area (Å²) in [6.07, 6.45) is 0. The Labute approximate surface area is 148 Å². The predicted octanol–water partition coefficient (Wildman–Crippen LogP) is 1.64. The lowest BCUT2D eigenvalue weighted by molar-refractivity contribution is 0.0552. The molecule has 0 saturated carbocycles. The smallest absolute Gasteiger partial charge is 0.266 e. The van der Waals surface area contributed by atoms with Crippen LogP contribution in [0.15, 0.2) is 60.7 Å². The number of aliphatic hydroxyl groups excluding tert-OH is 2. The molecule has 0 aliphatic rings. The van der Waals surface area contributed by atoms with E-state index in [9.17, 15) is 18.6 Å². The van der Waals surface area contributed by atoms with Crippen molar-refractivity contribution in [3.05, 3.63) is 71.8 Å². The molecule has 0 aromatic heterocycles. The monoisotopic (exact) mass is 365 g/mol. The fraction of sp³-hybridized carbons (Fsp3) is 0.333. The molecule has 0 aliphatic heterocycles. The number of hydrogen-bond donors (Lipinski definition) is 3. The lowest BCUT2D eigenvalue weighted by Gasteiger charge is -2.37. The predicted molar refractivity (Wildman–Crippen MR) is 95.7 cm³/mol. The maximum absolute atomic E-state index is 11.2. The molecule has 0 radical (unpaired) electrons. The Bertz CT molecular complexity index is 689. The third-order valence-electron chi connectivity index (χ3n) is 4.12. The molecular weight excluding hydrogens is 342 g/mol. The second-order valence-electron chi connectivity index (χ2n) is 5.74. The minimum atomic E-state index is -4.17. The third kappa shape index (κ3) is 5.62. The Hall–Kier alpha value is -1.77. The quantitative estimate of drug-likeness (QED) is 0.585. The van der Waals surface area contributed by atoms with Crippen LogP contribution in [-0.2, 0) is 10.1 Å². The Morgan fingerprint density at radius 3 is 1.52 bits per heavy atom. The molecule has 7 heteroatoms. The molecule has 2 aromatic rings. The fourth-order valence-corrected chi connectivity index (χ4v) is 3.35. The lowest BCUT2D eigenvalue weighted by atomic mass is 10.00.